The maximum absolute atomic E-state index is 10.9. The summed E-state index contributed by atoms with van der Waals surface area (Å²) in [7, 11) is 0. The molecule has 2 aliphatic heterocycles. The second-order valence-corrected chi connectivity index (χ2v) is 3.94. The Morgan fingerprint density at radius 3 is 3.08 bits per heavy atom. The summed E-state index contributed by atoms with van der Waals surface area (Å²) >= 11 is 0. The summed E-state index contributed by atoms with van der Waals surface area (Å²) in [6.07, 6.45) is 3.23. The molecule has 0 aliphatic carbocycles. The lowest BCUT2D eigenvalue weighted by molar-refractivity contribution is -0.121. The van der Waals surface area contributed by atoms with Gasteiger partial charge in [0.15, 0.2) is 0 Å². The van der Waals surface area contributed by atoms with E-state index in [1.54, 1.807) is 0 Å². The van der Waals surface area contributed by atoms with E-state index in [1.165, 1.54) is 12.8 Å². The van der Waals surface area contributed by atoms with Crippen LogP contribution in [-0.4, -0.2) is 37.1 Å². The molecular weight excluding hydrogens is 166 g/mol. The van der Waals surface area contributed by atoms with Gasteiger partial charge in [-0.3, -0.25) is 10.2 Å². The van der Waals surface area contributed by atoms with Crippen LogP contribution < -0.4 is 10.7 Å². The number of rotatable bonds is 2. The van der Waals surface area contributed by atoms with Crippen molar-refractivity contribution in [2.75, 3.05) is 26.2 Å². The van der Waals surface area contributed by atoms with E-state index in [0.717, 1.165) is 26.2 Å². The smallest absolute Gasteiger partial charge is 0.235 e. The van der Waals surface area contributed by atoms with Gasteiger partial charge in [-0.2, -0.15) is 0 Å². The monoisotopic (exact) mass is 183 g/mol. The molecule has 2 rings (SSSR count). The fraction of sp³-hybridized carbons (Fsp3) is 0.889. The highest BCUT2D eigenvalue weighted by Gasteiger charge is 2.22. The van der Waals surface area contributed by atoms with Crippen LogP contribution in [0.4, 0.5) is 0 Å². The van der Waals surface area contributed by atoms with Gasteiger partial charge in [0.25, 0.3) is 0 Å². The van der Waals surface area contributed by atoms with E-state index in [0.29, 0.717) is 12.3 Å². The first-order valence-corrected chi connectivity index (χ1v) is 5.10. The van der Waals surface area contributed by atoms with Crippen molar-refractivity contribution >= 4 is 5.91 Å². The Morgan fingerprint density at radius 1 is 1.54 bits per heavy atom. The van der Waals surface area contributed by atoms with E-state index < -0.39 is 0 Å². The molecule has 0 aromatic heterocycles. The molecule has 2 aliphatic rings. The molecule has 2 fully saturated rings. The van der Waals surface area contributed by atoms with E-state index >= 15 is 0 Å². The van der Waals surface area contributed by atoms with Crippen LogP contribution in [-0.2, 0) is 4.79 Å². The molecule has 0 radical (unpaired) electrons. The van der Waals surface area contributed by atoms with Crippen LogP contribution >= 0.6 is 0 Å². The zero-order chi connectivity index (χ0) is 9.10. The molecule has 0 bridgehead atoms. The van der Waals surface area contributed by atoms with Gasteiger partial charge >= 0.3 is 0 Å². The topological polar surface area (TPSA) is 44.4 Å². The van der Waals surface area contributed by atoms with Gasteiger partial charge in [0.1, 0.15) is 0 Å². The number of hydrazine groups is 1. The lowest BCUT2D eigenvalue weighted by Gasteiger charge is -2.26. The molecule has 74 valence electrons. The van der Waals surface area contributed by atoms with E-state index in [1.807, 2.05) is 0 Å². The van der Waals surface area contributed by atoms with Crippen LogP contribution in [0.2, 0.25) is 0 Å². The molecule has 0 spiro atoms. The van der Waals surface area contributed by atoms with Crippen molar-refractivity contribution in [2.24, 2.45) is 5.92 Å². The zero-order valence-electron chi connectivity index (χ0n) is 7.88. The number of carbonyl (C=O) groups is 1. The van der Waals surface area contributed by atoms with Crippen LogP contribution in [0.1, 0.15) is 19.3 Å². The van der Waals surface area contributed by atoms with Crippen molar-refractivity contribution in [3.63, 3.8) is 0 Å². The minimum atomic E-state index is 0.170. The molecule has 0 saturated carbocycles. The lowest BCUT2D eigenvalue weighted by Crippen LogP contribution is -2.42. The molecule has 2 saturated heterocycles. The molecule has 1 unspecified atom stereocenters. The van der Waals surface area contributed by atoms with Crippen molar-refractivity contribution in [1.82, 2.24) is 15.8 Å². The molecule has 1 atom stereocenters. The second-order valence-electron chi connectivity index (χ2n) is 3.94. The number of amides is 1. The number of hydrogen-bond donors (Lipinski definition) is 2. The lowest BCUT2D eigenvalue weighted by atomic mass is 10.00. The summed E-state index contributed by atoms with van der Waals surface area (Å²) in [6, 6.07) is 0. The minimum absolute atomic E-state index is 0.170. The second kappa shape index (κ2) is 4.07. The van der Waals surface area contributed by atoms with Crippen LogP contribution in [0.3, 0.4) is 0 Å². The molecule has 13 heavy (non-hydrogen) atoms. The van der Waals surface area contributed by atoms with Crippen molar-refractivity contribution < 1.29 is 4.79 Å². The highest BCUT2D eigenvalue weighted by atomic mass is 16.2. The van der Waals surface area contributed by atoms with Crippen LogP contribution in [0.5, 0.6) is 0 Å². The fourth-order valence-corrected chi connectivity index (χ4v) is 2.05. The maximum Gasteiger partial charge on any atom is 0.235 e. The highest BCUT2D eigenvalue weighted by molar-refractivity contribution is 5.77. The summed E-state index contributed by atoms with van der Waals surface area (Å²) in [6.45, 7) is 4.16. The summed E-state index contributed by atoms with van der Waals surface area (Å²) in [5.74, 6) is 0.885. The maximum atomic E-state index is 10.9. The van der Waals surface area contributed by atoms with Crippen molar-refractivity contribution in [2.45, 2.75) is 19.3 Å². The quantitative estimate of drug-likeness (QED) is 0.619. The zero-order valence-corrected chi connectivity index (χ0v) is 7.88. The predicted molar refractivity (Wildman–Crippen MR) is 49.9 cm³/mol. The van der Waals surface area contributed by atoms with Gasteiger partial charge in [-0.15, -0.1) is 0 Å². The number of carbonyl (C=O) groups excluding carboxylic acids is 1. The molecule has 0 aromatic rings. The Kier molecular flexibility index (Phi) is 2.80. The Bertz CT molecular complexity index is 189. The van der Waals surface area contributed by atoms with Gasteiger partial charge < -0.3 is 5.32 Å². The van der Waals surface area contributed by atoms with E-state index in [2.05, 4.69) is 15.8 Å². The average molecular weight is 183 g/mol. The number of nitrogens with one attached hydrogen (secondary N) is 2. The van der Waals surface area contributed by atoms with Crippen molar-refractivity contribution in [3.8, 4) is 0 Å². The Labute approximate surface area is 78.6 Å². The third-order valence-electron chi connectivity index (χ3n) is 2.77. The fourth-order valence-electron chi connectivity index (χ4n) is 2.05. The van der Waals surface area contributed by atoms with Crippen LogP contribution in [0, 0.1) is 5.92 Å². The van der Waals surface area contributed by atoms with E-state index in [9.17, 15) is 4.79 Å². The number of nitrogens with zero attached hydrogens (tertiary/aromatic N) is 1. The van der Waals surface area contributed by atoms with Gasteiger partial charge in [-0.05, 0) is 31.8 Å². The first-order chi connectivity index (χ1) is 6.34. The van der Waals surface area contributed by atoms with Crippen molar-refractivity contribution in [3.05, 3.63) is 0 Å². The largest absolute Gasteiger partial charge is 0.316 e. The van der Waals surface area contributed by atoms with Gasteiger partial charge in [0, 0.05) is 19.5 Å². The normalized spacial score (nSPS) is 30.5. The molecular formula is C9H17N3O. The molecule has 1 amide bonds. The van der Waals surface area contributed by atoms with E-state index in [4.69, 9.17) is 0 Å². The van der Waals surface area contributed by atoms with Crippen LogP contribution in [0.25, 0.3) is 0 Å². The molecule has 2 heterocycles. The Hall–Kier alpha value is -0.610. The number of piperidine rings is 1. The minimum Gasteiger partial charge on any atom is -0.316 e. The molecule has 4 nitrogen and oxygen atoms in total. The standard InChI is InChI=1S/C9H17N3O/c13-9-3-5-12(11-9)7-8-2-1-4-10-6-8/h8,10H,1-7H2,(H,11,13). The van der Waals surface area contributed by atoms with Gasteiger partial charge in [-0.25, -0.2) is 5.01 Å². The molecule has 4 heteroatoms. The highest BCUT2D eigenvalue weighted by Crippen LogP contribution is 2.12. The first kappa shape index (κ1) is 8.97. The first-order valence-electron chi connectivity index (χ1n) is 5.10. The van der Waals surface area contributed by atoms with Gasteiger partial charge in [0.05, 0.1) is 0 Å². The summed E-state index contributed by atoms with van der Waals surface area (Å²) in [5.41, 5.74) is 2.87. The van der Waals surface area contributed by atoms with Crippen LogP contribution in [0.15, 0.2) is 0 Å². The molecule has 2 N–H and O–H groups in total. The Balaban J connectivity index is 1.73. The van der Waals surface area contributed by atoms with Gasteiger partial charge in [-0.1, -0.05) is 0 Å². The van der Waals surface area contributed by atoms with E-state index in [-0.39, 0.29) is 5.91 Å². The number of hydrogen-bond acceptors (Lipinski definition) is 3. The summed E-state index contributed by atoms with van der Waals surface area (Å²) in [5, 5.41) is 5.44. The third-order valence-corrected chi connectivity index (χ3v) is 2.77. The van der Waals surface area contributed by atoms with Gasteiger partial charge in [0.2, 0.25) is 5.91 Å². The average Bonchev–Trinajstić information content (AvgIpc) is 2.53. The third kappa shape index (κ3) is 2.42. The van der Waals surface area contributed by atoms with Crippen molar-refractivity contribution in [1.29, 1.82) is 0 Å². The summed E-state index contributed by atoms with van der Waals surface area (Å²) in [4.78, 5) is 10.9. The Morgan fingerprint density at radius 2 is 2.46 bits per heavy atom. The molecule has 0 aromatic carbocycles. The predicted octanol–water partition coefficient (Wildman–Crippen LogP) is -0.277. The SMILES string of the molecule is O=C1CCN(CC2CCCNC2)N1. The summed E-state index contributed by atoms with van der Waals surface area (Å²) < 4.78 is 0.